The van der Waals surface area contributed by atoms with E-state index in [0.717, 1.165) is 18.7 Å². The van der Waals surface area contributed by atoms with E-state index in [-0.39, 0.29) is 11.9 Å². The second-order valence-corrected chi connectivity index (χ2v) is 5.36. The van der Waals surface area contributed by atoms with E-state index in [1.807, 2.05) is 11.8 Å². The summed E-state index contributed by atoms with van der Waals surface area (Å²) in [7, 11) is 0. The van der Waals surface area contributed by atoms with Crippen LogP contribution in [0, 0.1) is 13.8 Å². The van der Waals surface area contributed by atoms with Crippen molar-refractivity contribution < 1.29 is 4.79 Å². The highest BCUT2D eigenvalue weighted by Gasteiger charge is 2.27. The number of amides is 1. The van der Waals surface area contributed by atoms with Crippen LogP contribution in [-0.4, -0.2) is 24.5 Å². The van der Waals surface area contributed by atoms with Gasteiger partial charge < -0.3 is 10.2 Å². The highest BCUT2D eigenvalue weighted by atomic mass is 16.2. The van der Waals surface area contributed by atoms with E-state index in [1.54, 1.807) is 0 Å². The monoisotopic (exact) mass is 246 g/mol. The number of nitrogens with zero attached hydrogens (tertiary/aromatic N) is 1. The Hall–Kier alpha value is -1.35. The van der Waals surface area contributed by atoms with Gasteiger partial charge in [0.2, 0.25) is 5.91 Å². The van der Waals surface area contributed by atoms with Crippen molar-refractivity contribution in [1.82, 2.24) is 5.32 Å². The normalized spacial score (nSPS) is 25.1. The molecule has 1 aliphatic rings. The van der Waals surface area contributed by atoms with Crippen molar-refractivity contribution in [2.45, 2.75) is 46.2 Å². The van der Waals surface area contributed by atoms with Gasteiger partial charge in [-0.3, -0.25) is 4.79 Å². The number of hydrogen-bond donors (Lipinski definition) is 1. The zero-order valence-electron chi connectivity index (χ0n) is 11.7. The van der Waals surface area contributed by atoms with Crippen LogP contribution < -0.4 is 10.2 Å². The van der Waals surface area contributed by atoms with Gasteiger partial charge >= 0.3 is 0 Å². The third-order valence-corrected chi connectivity index (χ3v) is 3.60. The van der Waals surface area contributed by atoms with E-state index < -0.39 is 0 Å². The molecule has 0 spiro atoms. The second kappa shape index (κ2) is 5.11. The Morgan fingerprint density at radius 3 is 2.67 bits per heavy atom. The Labute approximate surface area is 109 Å². The molecule has 1 aromatic rings. The quantitative estimate of drug-likeness (QED) is 0.825. The highest BCUT2D eigenvalue weighted by molar-refractivity contribution is 5.97. The molecule has 1 fully saturated rings. The van der Waals surface area contributed by atoms with E-state index in [2.05, 4.69) is 44.3 Å². The second-order valence-electron chi connectivity index (χ2n) is 5.36. The minimum Gasteiger partial charge on any atom is -0.311 e. The zero-order chi connectivity index (χ0) is 13.3. The lowest BCUT2D eigenvalue weighted by molar-refractivity contribution is -0.119. The number of nitrogens with one attached hydrogen (secondary N) is 1. The van der Waals surface area contributed by atoms with Gasteiger partial charge in [-0.2, -0.15) is 0 Å². The van der Waals surface area contributed by atoms with E-state index >= 15 is 0 Å². The van der Waals surface area contributed by atoms with Crippen molar-refractivity contribution in [3.8, 4) is 0 Å². The molecule has 18 heavy (non-hydrogen) atoms. The third-order valence-electron chi connectivity index (χ3n) is 3.60. The van der Waals surface area contributed by atoms with Gasteiger partial charge in [0.25, 0.3) is 0 Å². The average molecular weight is 246 g/mol. The van der Waals surface area contributed by atoms with Gasteiger partial charge in [-0.05, 0) is 45.7 Å². The Bertz CT molecular complexity index is 456. The summed E-state index contributed by atoms with van der Waals surface area (Å²) >= 11 is 0. The molecule has 1 aromatic carbocycles. The van der Waals surface area contributed by atoms with Crippen molar-refractivity contribution in [1.29, 1.82) is 0 Å². The Kier molecular flexibility index (Phi) is 3.71. The first-order valence-corrected chi connectivity index (χ1v) is 6.63. The number of benzene rings is 1. The number of rotatable bonds is 1. The van der Waals surface area contributed by atoms with Crippen LogP contribution in [-0.2, 0) is 4.79 Å². The summed E-state index contributed by atoms with van der Waals surface area (Å²) in [5, 5.41) is 3.33. The van der Waals surface area contributed by atoms with Gasteiger partial charge in [0.1, 0.15) is 0 Å². The molecule has 3 heteroatoms. The van der Waals surface area contributed by atoms with Crippen molar-refractivity contribution >= 4 is 11.6 Å². The molecule has 1 amide bonds. The first-order chi connectivity index (χ1) is 8.49. The van der Waals surface area contributed by atoms with Gasteiger partial charge in [-0.25, -0.2) is 0 Å². The van der Waals surface area contributed by atoms with Crippen molar-refractivity contribution in [2.24, 2.45) is 0 Å². The van der Waals surface area contributed by atoms with E-state index in [4.69, 9.17) is 0 Å². The fraction of sp³-hybridized carbons (Fsp3) is 0.533. The zero-order valence-corrected chi connectivity index (χ0v) is 11.7. The SMILES string of the molecule is Cc1ccc(N2CCC(C)NC(C)C2=O)c(C)c1. The molecule has 1 N–H and O–H groups in total. The molecule has 0 saturated carbocycles. The van der Waals surface area contributed by atoms with Crippen LogP contribution in [0.1, 0.15) is 31.4 Å². The van der Waals surface area contributed by atoms with Gasteiger partial charge in [-0.1, -0.05) is 17.7 Å². The van der Waals surface area contributed by atoms with Gasteiger partial charge in [-0.15, -0.1) is 0 Å². The van der Waals surface area contributed by atoms with Crippen LogP contribution >= 0.6 is 0 Å². The lowest BCUT2D eigenvalue weighted by Gasteiger charge is -2.24. The van der Waals surface area contributed by atoms with Crippen LogP contribution in [0.4, 0.5) is 5.69 Å². The first-order valence-electron chi connectivity index (χ1n) is 6.63. The lowest BCUT2D eigenvalue weighted by atomic mass is 10.1. The molecule has 0 aliphatic carbocycles. The Morgan fingerprint density at radius 2 is 2.00 bits per heavy atom. The smallest absolute Gasteiger partial charge is 0.243 e. The van der Waals surface area contributed by atoms with Crippen LogP contribution in [0.15, 0.2) is 18.2 Å². The topological polar surface area (TPSA) is 32.3 Å². The molecule has 1 heterocycles. The molecule has 3 nitrogen and oxygen atoms in total. The Morgan fingerprint density at radius 1 is 1.28 bits per heavy atom. The minimum atomic E-state index is -0.108. The number of carbonyl (C=O) groups excluding carboxylic acids is 1. The summed E-state index contributed by atoms with van der Waals surface area (Å²) in [4.78, 5) is 14.3. The van der Waals surface area contributed by atoms with E-state index in [0.29, 0.717) is 6.04 Å². The molecule has 0 aromatic heterocycles. The maximum absolute atomic E-state index is 12.4. The molecule has 98 valence electrons. The molecule has 0 radical (unpaired) electrons. The summed E-state index contributed by atoms with van der Waals surface area (Å²) in [5.41, 5.74) is 3.46. The third kappa shape index (κ3) is 2.56. The van der Waals surface area contributed by atoms with Crippen LogP contribution in [0.2, 0.25) is 0 Å². The lowest BCUT2D eigenvalue weighted by Crippen LogP contribution is -2.43. The summed E-state index contributed by atoms with van der Waals surface area (Å²) in [6.07, 6.45) is 0.989. The highest BCUT2D eigenvalue weighted by Crippen LogP contribution is 2.23. The van der Waals surface area contributed by atoms with Crippen molar-refractivity contribution in [2.75, 3.05) is 11.4 Å². The van der Waals surface area contributed by atoms with E-state index in [1.165, 1.54) is 11.1 Å². The van der Waals surface area contributed by atoms with Crippen LogP contribution in [0.3, 0.4) is 0 Å². The number of hydrogen-bond acceptors (Lipinski definition) is 2. The summed E-state index contributed by atoms with van der Waals surface area (Å²) in [6.45, 7) is 9.02. The summed E-state index contributed by atoms with van der Waals surface area (Å²) < 4.78 is 0. The summed E-state index contributed by atoms with van der Waals surface area (Å²) in [5.74, 6) is 0.173. The minimum absolute atomic E-state index is 0.108. The predicted octanol–water partition coefficient (Wildman–Crippen LogP) is 2.41. The molecule has 2 rings (SSSR count). The van der Waals surface area contributed by atoms with Gasteiger partial charge in [0.15, 0.2) is 0 Å². The number of aryl methyl sites for hydroxylation is 2. The molecule has 2 unspecified atom stereocenters. The standard InChI is InChI=1S/C15H22N2O/c1-10-5-6-14(11(2)9-10)17-8-7-12(3)16-13(4)15(17)18/h5-6,9,12-13,16H,7-8H2,1-4H3. The number of anilines is 1. The fourth-order valence-corrected chi connectivity index (χ4v) is 2.60. The van der Waals surface area contributed by atoms with Crippen LogP contribution in [0.25, 0.3) is 0 Å². The van der Waals surface area contributed by atoms with Crippen molar-refractivity contribution in [3.63, 3.8) is 0 Å². The largest absolute Gasteiger partial charge is 0.311 e. The van der Waals surface area contributed by atoms with Crippen molar-refractivity contribution in [3.05, 3.63) is 29.3 Å². The molecule has 0 bridgehead atoms. The average Bonchev–Trinajstić information content (AvgIpc) is 2.41. The molecular formula is C15H22N2O. The Balaban J connectivity index is 2.33. The number of carbonyl (C=O) groups is 1. The fourth-order valence-electron chi connectivity index (χ4n) is 2.60. The predicted molar refractivity (Wildman–Crippen MR) is 74.9 cm³/mol. The maximum atomic E-state index is 12.4. The summed E-state index contributed by atoms with van der Waals surface area (Å²) in [6, 6.07) is 6.55. The maximum Gasteiger partial charge on any atom is 0.243 e. The van der Waals surface area contributed by atoms with Gasteiger partial charge in [0, 0.05) is 18.3 Å². The van der Waals surface area contributed by atoms with Gasteiger partial charge in [0.05, 0.1) is 6.04 Å². The molecule has 1 aliphatic heterocycles. The molecule has 1 saturated heterocycles. The molecular weight excluding hydrogens is 224 g/mol. The van der Waals surface area contributed by atoms with Crippen LogP contribution in [0.5, 0.6) is 0 Å². The first kappa shape index (κ1) is 13.1. The molecule has 2 atom stereocenters. The van der Waals surface area contributed by atoms with E-state index in [9.17, 15) is 4.79 Å².